The fraction of sp³-hybridized carbons (Fsp3) is 0.875. The Morgan fingerprint density at radius 1 is 1.38 bits per heavy atom. The predicted molar refractivity (Wildman–Crippen MR) is 83.9 cm³/mol. The van der Waals surface area contributed by atoms with Crippen LogP contribution < -0.4 is 5.32 Å². The van der Waals surface area contributed by atoms with E-state index in [9.17, 15) is 0 Å². The van der Waals surface area contributed by atoms with Gasteiger partial charge in [-0.3, -0.25) is 4.90 Å². The summed E-state index contributed by atoms with van der Waals surface area (Å²) in [5.41, 5.74) is 0.411. The predicted octanol–water partition coefficient (Wildman–Crippen LogP) is 1.90. The minimum absolute atomic E-state index is 0.411. The van der Waals surface area contributed by atoms with Crippen molar-refractivity contribution in [2.75, 3.05) is 19.6 Å². The second kappa shape index (κ2) is 6.05. The SMILES string of the molecule is CCNC1C(CN2CCn3cnnc3C2)CCCC1(C)C. The third kappa shape index (κ3) is 3.14. The summed E-state index contributed by atoms with van der Waals surface area (Å²) in [5, 5.41) is 12.0. The van der Waals surface area contributed by atoms with Crippen molar-refractivity contribution in [3.8, 4) is 0 Å². The Bertz CT molecular complexity index is 467. The smallest absolute Gasteiger partial charge is 0.147 e. The summed E-state index contributed by atoms with van der Waals surface area (Å²) in [6.45, 7) is 12.5. The van der Waals surface area contributed by atoms with Gasteiger partial charge in [0.1, 0.15) is 12.2 Å². The fourth-order valence-corrected chi connectivity index (χ4v) is 4.24. The summed E-state index contributed by atoms with van der Waals surface area (Å²) in [6, 6.07) is 0.635. The van der Waals surface area contributed by atoms with Crippen LogP contribution in [0.15, 0.2) is 6.33 Å². The molecule has 1 aromatic rings. The van der Waals surface area contributed by atoms with Gasteiger partial charge in [-0.1, -0.05) is 27.2 Å². The van der Waals surface area contributed by atoms with E-state index in [1.807, 2.05) is 6.33 Å². The van der Waals surface area contributed by atoms with Crippen LogP contribution in [0.3, 0.4) is 0 Å². The molecule has 1 aromatic heterocycles. The Labute approximate surface area is 128 Å². The molecule has 1 saturated carbocycles. The van der Waals surface area contributed by atoms with Gasteiger partial charge in [-0.05, 0) is 30.7 Å². The van der Waals surface area contributed by atoms with Crippen LogP contribution >= 0.6 is 0 Å². The molecule has 2 aliphatic rings. The third-order valence-electron chi connectivity index (χ3n) is 5.34. The molecule has 2 unspecified atom stereocenters. The highest BCUT2D eigenvalue weighted by molar-refractivity contribution is 4.96. The number of rotatable bonds is 4. The van der Waals surface area contributed by atoms with E-state index in [0.29, 0.717) is 11.5 Å². The van der Waals surface area contributed by atoms with Gasteiger partial charge in [0, 0.05) is 25.7 Å². The highest BCUT2D eigenvalue weighted by Crippen LogP contribution is 2.39. The van der Waals surface area contributed by atoms with Gasteiger partial charge in [-0.2, -0.15) is 0 Å². The summed E-state index contributed by atoms with van der Waals surface area (Å²) >= 11 is 0. The van der Waals surface area contributed by atoms with Gasteiger partial charge in [-0.15, -0.1) is 10.2 Å². The first-order valence-corrected chi connectivity index (χ1v) is 8.42. The number of hydrogen-bond donors (Lipinski definition) is 1. The lowest BCUT2D eigenvalue weighted by molar-refractivity contribution is 0.0708. The average molecular weight is 291 g/mol. The molecular weight excluding hydrogens is 262 g/mol. The monoisotopic (exact) mass is 291 g/mol. The van der Waals surface area contributed by atoms with E-state index >= 15 is 0 Å². The van der Waals surface area contributed by atoms with Crippen molar-refractivity contribution in [1.82, 2.24) is 25.0 Å². The van der Waals surface area contributed by atoms with Gasteiger partial charge in [0.05, 0.1) is 6.54 Å². The highest BCUT2D eigenvalue weighted by atomic mass is 15.3. The van der Waals surface area contributed by atoms with E-state index in [0.717, 1.165) is 37.9 Å². The fourth-order valence-electron chi connectivity index (χ4n) is 4.24. The highest BCUT2D eigenvalue weighted by Gasteiger charge is 2.39. The number of nitrogens with zero attached hydrogens (tertiary/aromatic N) is 4. The molecule has 0 radical (unpaired) electrons. The second-order valence-corrected chi connectivity index (χ2v) is 7.35. The van der Waals surface area contributed by atoms with E-state index in [-0.39, 0.29) is 0 Å². The molecule has 0 aromatic carbocycles. The van der Waals surface area contributed by atoms with Crippen molar-refractivity contribution in [1.29, 1.82) is 0 Å². The maximum absolute atomic E-state index is 4.24. The summed E-state index contributed by atoms with van der Waals surface area (Å²) in [5.74, 6) is 1.87. The molecule has 21 heavy (non-hydrogen) atoms. The van der Waals surface area contributed by atoms with Crippen LogP contribution in [0.2, 0.25) is 0 Å². The molecule has 5 heteroatoms. The van der Waals surface area contributed by atoms with Crippen molar-refractivity contribution in [3.63, 3.8) is 0 Å². The summed E-state index contributed by atoms with van der Waals surface area (Å²) in [6.07, 6.45) is 5.92. The number of hydrogen-bond acceptors (Lipinski definition) is 4. The van der Waals surface area contributed by atoms with Crippen LogP contribution in [0.5, 0.6) is 0 Å². The second-order valence-electron chi connectivity index (χ2n) is 7.35. The summed E-state index contributed by atoms with van der Waals surface area (Å²) in [4.78, 5) is 2.57. The van der Waals surface area contributed by atoms with Crippen LogP contribution in [0.4, 0.5) is 0 Å². The first kappa shape index (κ1) is 15.0. The first-order chi connectivity index (χ1) is 10.1. The molecule has 1 aliphatic heterocycles. The van der Waals surface area contributed by atoms with Crippen LogP contribution in [-0.4, -0.2) is 45.3 Å². The van der Waals surface area contributed by atoms with Gasteiger partial charge < -0.3 is 9.88 Å². The Balaban J connectivity index is 1.66. The van der Waals surface area contributed by atoms with Crippen molar-refractivity contribution in [2.45, 2.75) is 59.2 Å². The molecule has 118 valence electrons. The lowest BCUT2D eigenvalue weighted by atomic mass is 9.67. The third-order valence-corrected chi connectivity index (χ3v) is 5.34. The Morgan fingerprint density at radius 3 is 3.05 bits per heavy atom. The van der Waals surface area contributed by atoms with E-state index in [1.54, 1.807) is 0 Å². The van der Waals surface area contributed by atoms with Crippen molar-refractivity contribution in [2.24, 2.45) is 11.3 Å². The van der Waals surface area contributed by atoms with E-state index in [1.165, 1.54) is 25.8 Å². The molecule has 1 N–H and O–H groups in total. The molecule has 0 saturated heterocycles. The van der Waals surface area contributed by atoms with E-state index < -0.39 is 0 Å². The number of fused-ring (bicyclic) bond motifs is 1. The first-order valence-electron chi connectivity index (χ1n) is 8.42. The number of aromatic nitrogens is 3. The molecule has 1 aliphatic carbocycles. The topological polar surface area (TPSA) is 46.0 Å². The van der Waals surface area contributed by atoms with Gasteiger partial charge in [0.25, 0.3) is 0 Å². The molecule has 0 amide bonds. The van der Waals surface area contributed by atoms with Crippen molar-refractivity contribution >= 4 is 0 Å². The molecule has 2 heterocycles. The van der Waals surface area contributed by atoms with Gasteiger partial charge in [-0.25, -0.2) is 0 Å². The summed E-state index contributed by atoms with van der Waals surface area (Å²) in [7, 11) is 0. The molecular formula is C16H29N5. The Hall–Kier alpha value is -0.940. The molecule has 5 nitrogen and oxygen atoms in total. The zero-order valence-corrected chi connectivity index (χ0v) is 13.7. The van der Waals surface area contributed by atoms with Gasteiger partial charge >= 0.3 is 0 Å². The van der Waals surface area contributed by atoms with Gasteiger partial charge in [0.15, 0.2) is 0 Å². The lowest BCUT2D eigenvalue weighted by Gasteiger charge is -2.46. The van der Waals surface area contributed by atoms with E-state index in [2.05, 4.69) is 45.8 Å². The van der Waals surface area contributed by atoms with Crippen LogP contribution in [0.1, 0.15) is 45.9 Å². The van der Waals surface area contributed by atoms with E-state index in [4.69, 9.17) is 0 Å². The molecule has 2 atom stereocenters. The molecule has 3 rings (SSSR count). The van der Waals surface area contributed by atoms with Crippen LogP contribution in [0, 0.1) is 11.3 Å². The minimum atomic E-state index is 0.411. The number of nitrogens with one attached hydrogen (secondary N) is 1. The van der Waals surface area contributed by atoms with Gasteiger partial charge in [0.2, 0.25) is 0 Å². The van der Waals surface area contributed by atoms with Crippen LogP contribution in [-0.2, 0) is 13.1 Å². The van der Waals surface area contributed by atoms with Crippen LogP contribution in [0.25, 0.3) is 0 Å². The molecule has 0 bridgehead atoms. The standard InChI is InChI=1S/C16H29N5/c1-4-17-15-13(6-5-7-16(15,2)3)10-20-8-9-21-12-18-19-14(21)11-20/h12-13,15,17H,4-11H2,1-3H3. The zero-order chi connectivity index (χ0) is 14.9. The summed E-state index contributed by atoms with van der Waals surface area (Å²) < 4.78 is 2.18. The molecule has 1 fully saturated rings. The maximum atomic E-state index is 4.24. The maximum Gasteiger partial charge on any atom is 0.147 e. The lowest BCUT2D eigenvalue weighted by Crippen LogP contribution is -2.53. The van der Waals surface area contributed by atoms with Crippen molar-refractivity contribution in [3.05, 3.63) is 12.2 Å². The Morgan fingerprint density at radius 2 is 2.24 bits per heavy atom. The zero-order valence-electron chi connectivity index (χ0n) is 13.7. The Kier molecular flexibility index (Phi) is 4.31. The minimum Gasteiger partial charge on any atom is -0.315 e. The largest absolute Gasteiger partial charge is 0.315 e. The normalized spacial score (nSPS) is 29.3. The average Bonchev–Trinajstić information content (AvgIpc) is 2.90. The molecule has 0 spiro atoms. The quantitative estimate of drug-likeness (QED) is 0.920. The van der Waals surface area contributed by atoms with Crippen molar-refractivity contribution < 1.29 is 0 Å².